The van der Waals surface area contributed by atoms with E-state index in [1.165, 1.54) is 4.68 Å². The van der Waals surface area contributed by atoms with Gasteiger partial charge in [0.25, 0.3) is 0 Å². The zero-order valence-corrected chi connectivity index (χ0v) is 20.9. The molecule has 7 rings (SSSR count). The number of rotatable bonds is 3. The molecule has 0 bridgehead atoms. The molecule has 1 aromatic heterocycles. The van der Waals surface area contributed by atoms with Crippen LogP contribution in [-0.2, 0) is 22.7 Å². The number of amides is 1. The zero-order valence-electron chi connectivity index (χ0n) is 20.9. The van der Waals surface area contributed by atoms with Crippen LogP contribution in [0.3, 0.4) is 0 Å². The number of carbonyl (C=O) groups is 1. The van der Waals surface area contributed by atoms with Gasteiger partial charge in [0.15, 0.2) is 13.6 Å². The molecule has 1 fully saturated rings. The standard InChI is InChI=1S/C29H28N4O5/c34-29(33-25-4-2-1-3-22(25)15-30-33)32-11-9-31(10-12-32)28(20-5-7-26-23(13-20)16-35-18-37-26)21-6-8-27-24(14-21)17-36-19-38-27/h1-8,13-15,28H,9-12,16-19H2. The van der Waals surface area contributed by atoms with Crippen LogP contribution in [0.15, 0.2) is 66.9 Å². The number of hydrogen-bond acceptors (Lipinski definition) is 7. The summed E-state index contributed by atoms with van der Waals surface area (Å²) in [5.41, 5.74) is 5.24. The third kappa shape index (κ3) is 4.18. The minimum absolute atomic E-state index is 0.00256. The minimum Gasteiger partial charge on any atom is -0.467 e. The molecule has 38 heavy (non-hydrogen) atoms. The van der Waals surface area contributed by atoms with Gasteiger partial charge in [0.2, 0.25) is 0 Å². The maximum Gasteiger partial charge on any atom is 0.345 e. The maximum atomic E-state index is 13.4. The molecule has 3 aliphatic rings. The summed E-state index contributed by atoms with van der Waals surface area (Å²) in [5.74, 6) is 1.74. The lowest BCUT2D eigenvalue weighted by Gasteiger charge is -2.40. The molecule has 0 N–H and O–H groups in total. The van der Waals surface area contributed by atoms with Gasteiger partial charge in [-0.3, -0.25) is 4.90 Å². The molecule has 4 heterocycles. The van der Waals surface area contributed by atoms with E-state index >= 15 is 0 Å². The van der Waals surface area contributed by atoms with Gasteiger partial charge < -0.3 is 23.8 Å². The van der Waals surface area contributed by atoms with Gasteiger partial charge in [-0.05, 0) is 41.5 Å². The number of piperazine rings is 1. The monoisotopic (exact) mass is 512 g/mol. The molecule has 3 aromatic carbocycles. The SMILES string of the molecule is O=C(N1CCN(C(c2ccc3c(c2)COCO3)c2ccc3c(c2)COCO3)CC1)n1ncc2ccccc21. The second-order valence-electron chi connectivity index (χ2n) is 9.78. The number of hydrogen-bond donors (Lipinski definition) is 0. The first kappa shape index (κ1) is 23.2. The summed E-state index contributed by atoms with van der Waals surface area (Å²) in [4.78, 5) is 17.7. The van der Waals surface area contributed by atoms with Gasteiger partial charge in [0.05, 0.1) is 31.0 Å². The predicted octanol–water partition coefficient (Wildman–Crippen LogP) is 4.14. The molecule has 0 aliphatic carbocycles. The smallest absolute Gasteiger partial charge is 0.345 e. The van der Waals surface area contributed by atoms with E-state index in [0.717, 1.165) is 57.7 Å². The van der Waals surface area contributed by atoms with Gasteiger partial charge in [-0.2, -0.15) is 9.78 Å². The Morgan fingerprint density at radius 1 is 0.789 bits per heavy atom. The van der Waals surface area contributed by atoms with E-state index in [1.54, 1.807) is 6.20 Å². The molecule has 1 saturated heterocycles. The van der Waals surface area contributed by atoms with Gasteiger partial charge in [-0.1, -0.05) is 30.3 Å². The van der Waals surface area contributed by atoms with Crippen molar-refractivity contribution in [1.29, 1.82) is 0 Å². The first-order valence-corrected chi connectivity index (χ1v) is 12.9. The summed E-state index contributed by atoms with van der Waals surface area (Å²) in [5, 5.41) is 5.32. The largest absolute Gasteiger partial charge is 0.467 e. The van der Waals surface area contributed by atoms with Crippen molar-refractivity contribution in [3.8, 4) is 11.5 Å². The van der Waals surface area contributed by atoms with Crippen LogP contribution in [0.5, 0.6) is 11.5 Å². The van der Waals surface area contributed by atoms with E-state index in [-0.39, 0.29) is 25.7 Å². The fourth-order valence-electron chi connectivity index (χ4n) is 5.60. The van der Waals surface area contributed by atoms with E-state index < -0.39 is 0 Å². The van der Waals surface area contributed by atoms with Gasteiger partial charge in [-0.15, -0.1) is 0 Å². The Balaban J connectivity index is 1.17. The fourth-order valence-corrected chi connectivity index (χ4v) is 5.60. The summed E-state index contributed by atoms with van der Waals surface area (Å²) < 4.78 is 23.9. The molecule has 0 unspecified atom stereocenters. The van der Waals surface area contributed by atoms with Crippen LogP contribution in [0.4, 0.5) is 4.79 Å². The van der Waals surface area contributed by atoms with Gasteiger partial charge in [0.1, 0.15) is 11.5 Å². The molecule has 9 nitrogen and oxygen atoms in total. The summed E-state index contributed by atoms with van der Waals surface area (Å²) in [6.45, 7) is 4.29. The Bertz CT molecular complexity index is 1430. The summed E-state index contributed by atoms with van der Waals surface area (Å²) in [6, 6.07) is 20.4. The van der Waals surface area contributed by atoms with E-state index in [2.05, 4.69) is 34.3 Å². The summed E-state index contributed by atoms with van der Waals surface area (Å²) in [7, 11) is 0. The summed E-state index contributed by atoms with van der Waals surface area (Å²) in [6.07, 6.45) is 1.74. The lowest BCUT2D eigenvalue weighted by molar-refractivity contribution is -0.0165. The molecule has 0 spiro atoms. The predicted molar refractivity (Wildman–Crippen MR) is 139 cm³/mol. The molecule has 3 aliphatic heterocycles. The Morgan fingerprint density at radius 2 is 1.42 bits per heavy atom. The molecule has 4 aromatic rings. The average Bonchev–Trinajstić information content (AvgIpc) is 3.41. The van der Waals surface area contributed by atoms with E-state index in [4.69, 9.17) is 18.9 Å². The van der Waals surface area contributed by atoms with Crippen LogP contribution in [0, 0.1) is 0 Å². The molecule has 0 atom stereocenters. The Morgan fingerprint density at radius 3 is 2.08 bits per heavy atom. The van der Waals surface area contributed by atoms with Crippen molar-refractivity contribution in [1.82, 2.24) is 19.6 Å². The number of nitrogens with zero attached hydrogens (tertiary/aromatic N) is 4. The lowest BCUT2D eigenvalue weighted by atomic mass is 9.93. The third-order valence-corrected chi connectivity index (χ3v) is 7.52. The highest BCUT2D eigenvalue weighted by Crippen LogP contribution is 2.36. The van der Waals surface area contributed by atoms with Crippen molar-refractivity contribution in [3.63, 3.8) is 0 Å². The average molecular weight is 513 g/mol. The number of aromatic nitrogens is 2. The van der Waals surface area contributed by atoms with Gasteiger partial charge in [0, 0.05) is 42.7 Å². The lowest BCUT2D eigenvalue weighted by Crippen LogP contribution is -2.51. The number of para-hydroxylation sites is 1. The van der Waals surface area contributed by atoms with E-state index in [0.29, 0.717) is 26.3 Å². The Labute approximate surface area is 220 Å². The van der Waals surface area contributed by atoms with Gasteiger partial charge in [-0.25, -0.2) is 4.79 Å². The number of carbonyl (C=O) groups excluding carboxylic acids is 1. The van der Waals surface area contributed by atoms with Crippen molar-refractivity contribution in [2.45, 2.75) is 19.3 Å². The zero-order chi connectivity index (χ0) is 25.5. The topological polar surface area (TPSA) is 78.3 Å². The molecule has 0 radical (unpaired) electrons. The van der Waals surface area contributed by atoms with Crippen molar-refractivity contribution < 1.29 is 23.7 Å². The highest BCUT2D eigenvalue weighted by atomic mass is 16.7. The second-order valence-corrected chi connectivity index (χ2v) is 9.78. The highest BCUT2D eigenvalue weighted by Gasteiger charge is 2.31. The van der Waals surface area contributed by atoms with Crippen LogP contribution in [0.25, 0.3) is 10.9 Å². The number of ether oxygens (including phenoxy) is 4. The highest BCUT2D eigenvalue weighted by molar-refractivity contribution is 5.89. The molecular weight excluding hydrogens is 484 g/mol. The Kier molecular flexibility index (Phi) is 5.96. The fraction of sp³-hybridized carbons (Fsp3) is 0.310. The van der Waals surface area contributed by atoms with Gasteiger partial charge >= 0.3 is 6.03 Å². The quantitative estimate of drug-likeness (QED) is 0.408. The molecule has 0 saturated carbocycles. The maximum absolute atomic E-state index is 13.4. The molecular formula is C29H28N4O5. The molecule has 1 amide bonds. The van der Waals surface area contributed by atoms with Crippen molar-refractivity contribution in [2.75, 3.05) is 39.8 Å². The Hall–Kier alpha value is -3.92. The normalized spacial score (nSPS) is 17.6. The third-order valence-electron chi connectivity index (χ3n) is 7.52. The van der Waals surface area contributed by atoms with Crippen LogP contribution in [0.1, 0.15) is 28.3 Å². The minimum atomic E-state index is -0.0893. The van der Waals surface area contributed by atoms with E-state index in [1.807, 2.05) is 41.3 Å². The number of benzene rings is 3. The van der Waals surface area contributed by atoms with Crippen molar-refractivity contribution in [2.24, 2.45) is 0 Å². The molecule has 9 heteroatoms. The summed E-state index contributed by atoms with van der Waals surface area (Å²) >= 11 is 0. The van der Waals surface area contributed by atoms with E-state index in [9.17, 15) is 4.79 Å². The first-order valence-electron chi connectivity index (χ1n) is 12.9. The molecule has 194 valence electrons. The van der Waals surface area contributed by atoms with Crippen LogP contribution >= 0.6 is 0 Å². The first-order chi connectivity index (χ1) is 18.7. The van der Waals surface area contributed by atoms with Crippen LogP contribution in [0.2, 0.25) is 0 Å². The second kappa shape index (κ2) is 9.75. The van der Waals surface area contributed by atoms with Crippen molar-refractivity contribution >= 4 is 16.9 Å². The van der Waals surface area contributed by atoms with Crippen molar-refractivity contribution in [3.05, 3.63) is 89.1 Å². The van der Waals surface area contributed by atoms with Crippen LogP contribution in [-0.4, -0.2) is 65.4 Å². The van der Waals surface area contributed by atoms with Crippen LogP contribution < -0.4 is 9.47 Å². The number of fused-ring (bicyclic) bond motifs is 3.